The molecule has 0 nitrogen and oxygen atoms in total. The molecule has 1 aliphatic heterocycles. The first-order valence-corrected chi connectivity index (χ1v) is 42.2. The average Bonchev–Trinajstić information content (AvgIpc) is 3.17. The van der Waals surface area contributed by atoms with Crippen molar-refractivity contribution in [1.82, 2.24) is 0 Å². The van der Waals surface area contributed by atoms with Crippen molar-refractivity contribution in [2.45, 2.75) is 0 Å². The maximum atomic E-state index is 2.60. The molecule has 0 atom stereocenters. The van der Waals surface area contributed by atoms with Crippen LogP contribution in [0.2, 0.25) is 0 Å². The van der Waals surface area contributed by atoms with E-state index in [-0.39, 0.29) is 0 Å². The molecule has 0 radical (unpaired) electrons. The number of hydrogen-bond donors (Lipinski definition) is 0. The van der Waals surface area contributed by atoms with Gasteiger partial charge >= 0.3 is 0 Å². The highest BCUT2D eigenvalue weighted by atomic mass is 30.1. The Bertz CT molecular complexity index is 3350. The number of fused-ring (bicyclic) bond motifs is 11. The quantitative estimate of drug-likeness (QED) is 0.0948. The Labute approximate surface area is 313 Å². The van der Waals surface area contributed by atoms with Gasteiger partial charge in [-0.15, -0.1) is 0 Å². The third-order valence-corrected chi connectivity index (χ3v) is 129. The van der Waals surface area contributed by atoms with E-state index in [4.69, 9.17) is 0 Å². The first-order valence-electron chi connectivity index (χ1n) is 19.1. The molecule has 11 aromatic carbocycles. The van der Waals surface area contributed by atoms with Gasteiger partial charge in [0.1, 0.15) is 0 Å². The molecular weight excluding hydrogens is 721 g/mol. The van der Waals surface area contributed by atoms with E-state index in [2.05, 4.69) is 152 Å². The van der Waals surface area contributed by atoms with Crippen molar-refractivity contribution < 1.29 is 0 Å². The van der Waals surface area contributed by atoms with Gasteiger partial charge in [-0.25, -0.2) is 0 Å². The number of rotatable bonds is 1. The molecule has 1 aliphatic rings. The molecule has 1 heterocycles. The Morgan fingerprint density at radius 3 is 1.02 bits per heavy atom. The van der Waals surface area contributed by atoms with E-state index in [0.29, 0.717) is 42.8 Å². The average molecular weight is 757 g/mol. The monoisotopic (exact) mass is 756 g/mol. The summed E-state index contributed by atoms with van der Waals surface area (Å²) < 4.78 is 0. The topological polar surface area (TPSA) is 0 Å². The standard InChI is InChI=1S/C46H36Si6/c1-2-5-27-11-32-16-38-20-40-23-43-29(13-34(40)18-36(38)15-31(32)10-26(27)4-1)8-9-30-14-35-19-37-17-33-12-28-6-3-7-46(52-50-48-47-49-51-52)45(28)25-42(33)22-39(37)21-41(35)24-44(30)43/h1-25,52H,47-51H2. The summed E-state index contributed by atoms with van der Waals surface area (Å²) in [6, 6.07) is 59.6. The van der Waals surface area contributed by atoms with E-state index in [9.17, 15) is 0 Å². The fraction of sp³-hybridized carbons (Fsp3) is 0. The molecule has 1 saturated heterocycles. The molecule has 244 valence electrons. The summed E-state index contributed by atoms with van der Waals surface area (Å²) >= 11 is 0. The van der Waals surface area contributed by atoms with Crippen LogP contribution in [-0.2, 0) is 0 Å². The second kappa shape index (κ2) is 11.4. The van der Waals surface area contributed by atoms with Crippen molar-refractivity contribution in [3.63, 3.8) is 0 Å². The van der Waals surface area contributed by atoms with Crippen molar-refractivity contribution in [3.8, 4) is 0 Å². The minimum Gasteiger partial charge on any atom is -0.0633 e. The van der Waals surface area contributed by atoms with Crippen LogP contribution in [0.15, 0.2) is 152 Å². The van der Waals surface area contributed by atoms with Crippen molar-refractivity contribution >= 4 is 164 Å². The van der Waals surface area contributed by atoms with Gasteiger partial charge in [-0.3, -0.25) is 0 Å². The smallest absolute Gasteiger partial charge is 0.0401 e. The summed E-state index contributed by atoms with van der Waals surface area (Å²) in [5, 5.41) is 28.9. The first-order chi connectivity index (χ1) is 25.7. The van der Waals surface area contributed by atoms with Crippen LogP contribution in [-0.4, -0.2) is 50.6 Å². The van der Waals surface area contributed by atoms with E-state index < -0.39 is 7.83 Å². The lowest BCUT2D eigenvalue weighted by Gasteiger charge is -2.21. The summed E-state index contributed by atoms with van der Waals surface area (Å²) in [5.41, 5.74) is 0. The Kier molecular flexibility index (Phi) is 6.55. The Hall–Kier alpha value is -4.68. The van der Waals surface area contributed by atoms with Crippen molar-refractivity contribution in [1.29, 1.82) is 0 Å². The van der Waals surface area contributed by atoms with Crippen LogP contribution in [0.25, 0.3) is 108 Å². The molecule has 0 amide bonds. The van der Waals surface area contributed by atoms with Gasteiger partial charge in [-0.2, -0.15) is 0 Å². The van der Waals surface area contributed by atoms with E-state index in [1.165, 1.54) is 102 Å². The van der Waals surface area contributed by atoms with Gasteiger partial charge in [-0.05, 0) is 248 Å². The lowest BCUT2D eigenvalue weighted by molar-refractivity contribution is 1.79. The molecule has 12 rings (SSSR count). The minimum atomic E-state index is -0.455. The molecule has 0 saturated carbocycles. The molecule has 6 heteroatoms. The van der Waals surface area contributed by atoms with Gasteiger partial charge in [0.25, 0.3) is 0 Å². The normalized spacial score (nSPS) is 17.8. The molecule has 0 aromatic heterocycles. The molecule has 0 N–H and O–H groups in total. The Balaban J connectivity index is 1.02. The first kappa shape index (κ1) is 29.9. The van der Waals surface area contributed by atoms with Gasteiger partial charge in [0, 0.05) is 7.83 Å². The second-order valence-corrected chi connectivity index (χ2v) is 69.6. The SMILES string of the molecule is c1ccc2cc3cc4cc5cc6c(ccc7cc8cc9cc%10cc%11cccc([SiH]%12[SiH2][SiH2][SiH2][SiH2][SiH2]%12)c%11cc%10cc9cc8cc76)cc5cc4cc3cc2c1. The van der Waals surface area contributed by atoms with Gasteiger partial charge in [0.15, 0.2) is 0 Å². The van der Waals surface area contributed by atoms with Crippen molar-refractivity contribution in [2.24, 2.45) is 0 Å². The summed E-state index contributed by atoms with van der Waals surface area (Å²) in [4.78, 5) is 0. The van der Waals surface area contributed by atoms with Crippen LogP contribution in [0.3, 0.4) is 0 Å². The van der Waals surface area contributed by atoms with Crippen LogP contribution in [0.4, 0.5) is 0 Å². The fourth-order valence-electron chi connectivity index (χ4n) is 9.83. The highest BCUT2D eigenvalue weighted by Gasteiger charge is 2.21. The molecule has 0 bridgehead atoms. The fourth-order valence-corrected chi connectivity index (χ4v) is 255. The van der Waals surface area contributed by atoms with Crippen LogP contribution in [0, 0.1) is 0 Å². The summed E-state index contributed by atoms with van der Waals surface area (Å²) in [6.07, 6.45) is 0. The zero-order valence-corrected chi connectivity index (χ0v) is 37.3. The van der Waals surface area contributed by atoms with E-state index in [1.807, 2.05) is 5.19 Å². The van der Waals surface area contributed by atoms with Crippen molar-refractivity contribution in [3.05, 3.63) is 152 Å². The number of benzene rings is 11. The largest absolute Gasteiger partial charge is 0.0633 e. The van der Waals surface area contributed by atoms with Crippen LogP contribution in [0.5, 0.6) is 0 Å². The molecule has 1 fully saturated rings. The zero-order chi connectivity index (χ0) is 33.9. The van der Waals surface area contributed by atoms with Crippen LogP contribution in [0.1, 0.15) is 0 Å². The third-order valence-electron chi connectivity index (χ3n) is 12.5. The van der Waals surface area contributed by atoms with Crippen molar-refractivity contribution in [2.75, 3.05) is 0 Å². The maximum absolute atomic E-state index is 2.60. The van der Waals surface area contributed by atoms with Crippen LogP contribution < -0.4 is 5.19 Å². The molecule has 52 heavy (non-hydrogen) atoms. The van der Waals surface area contributed by atoms with E-state index >= 15 is 0 Å². The third kappa shape index (κ3) is 4.72. The van der Waals surface area contributed by atoms with E-state index in [1.54, 1.807) is 5.39 Å². The Morgan fingerprint density at radius 1 is 0.250 bits per heavy atom. The lowest BCUT2D eigenvalue weighted by atomic mass is 9.92. The molecule has 0 unspecified atom stereocenters. The summed E-state index contributed by atoms with van der Waals surface area (Å²) in [7, 11) is 2.04. The summed E-state index contributed by atoms with van der Waals surface area (Å²) in [6.45, 7) is 0. The highest BCUT2D eigenvalue weighted by Crippen LogP contribution is 2.37. The van der Waals surface area contributed by atoms with E-state index in [0.717, 1.165) is 0 Å². The molecule has 0 aliphatic carbocycles. The highest BCUT2D eigenvalue weighted by molar-refractivity contribution is 7.81. The van der Waals surface area contributed by atoms with Gasteiger partial charge in [0.2, 0.25) is 0 Å². The molecule has 11 aromatic rings. The summed E-state index contributed by atoms with van der Waals surface area (Å²) in [5.74, 6) is 0. The Morgan fingerprint density at radius 2 is 0.577 bits per heavy atom. The number of hydrogen-bond acceptors (Lipinski definition) is 0. The predicted molar refractivity (Wildman–Crippen MR) is 251 cm³/mol. The van der Waals surface area contributed by atoms with Gasteiger partial charge in [-0.1, -0.05) is 59.8 Å². The zero-order valence-electron chi connectivity index (χ0n) is 29.0. The lowest BCUT2D eigenvalue weighted by Crippen LogP contribution is -2.55. The second-order valence-electron chi connectivity index (χ2n) is 15.7. The molecule has 0 spiro atoms. The van der Waals surface area contributed by atoms with Crippen LogP contribution >= 0.6 is 0 Å². The maximum Gasteiger partial charge on any atom is 0.0401 e. The minimum absolute atomic E-state index is 0.395. The van der Waals surface area contributed by atoms with Gasteiger partial charge in [0.05, 0.1) is 0 Å². The molecular formula is C46H36Si6. The predicted octanol–water partition coefficient (Wildman–Crippen LogP) is 7.16. The van der Waals surface area contributed by atoms with Gasteiger partial charge < -0.3 is 0 Å².